The Balaban J connectivity index is 1.77. The van der Waals surface area contributed by atoms with Crippen LogP contribution < -0.4 is 14.6 Å². The van der Waals surface area contributed by atoms with E-state index in [9.17, 15) is 19.1 Å². The molecule has 0 aromatic heterocycles. The molecule has 0 N–H and O–H groups in total. The fraction of sp³-hybridized carbons (Fsp3) is 0.150. The highest BCUT2D eigenvalue weighted by atomic mass is 35.5. The van der Waals surface area contributed by atoms with E-state index in [2.05, 4.69) is 0 Å². The van der Waals surface area contributed by atoms with Crippen LogP contribution in [-0.4, -0.2) is 34.8 Å². The van der Waals surface area contributed by atoms with Crippen LogP contribution in [0.3, 0.4) is 0 Å². The summed E-state index contributed by atoms with van der Waals surface area (Å²) in [5.41, 5.74) is 1.24. The summed E-state index contributed by atoms with van der Waals surface area (Å²) in [7, 11) is 1.47. The van der Waals surface area contributed by atoms with Crippen LogP contribution in [0.25, 0.3) is 6.08 Å². The number of thiocarbonyl (C=S) groups is 1. The summed E-state index contributed by atoms with van der Waals surface area (Å²) in [4.78, 5) is 24.4. The third kappa shape index (κ3) is 5.10. The monoisotopic (exact) mass is 466 g/mol. The van der Waals surface area contributed by atoms with E-state index in [1.165, 1.54) is 25.3 Å². The van der Waals surface area contributed by atoms with E-state index >= 15 is 0 Å². The van der Waals surface area contributed by atoms with E-state index in [1.807, 2.05) is 0 Å². The zero-order valence-corrected chi connectivity index (χ0v) is 17.9. The summed E-state index contributed by atoms with van der Waals surface area (Å²) in [6, 6.07) is 9.05. The summed E-state index contributed by atoms with van der Waals surface area (Å²) in [5, 5.41) is 11.0. The molecule has 0 spiro atoms. The maximum atomic E-state index is 13.2. The molecule has 0 bridgehead atoms. The molecule has 2 aromatic rings. The number of aliphatic carboxylic acids is 1. The minimum atomic E-state index is -1.39. The highest BCUT2D eigenvalue weighted by molar-refractivity contribution is 8.26. The number of carboxylic acid groups (broad SMARTS) is 1. The van der Waals surface area contributed by atoms with Crippen molar-refractivity contribution in [3.63, 3.8) is 0 Å². The lowest BCUT2D eigenvalue weighted by Gasteiger charge is -2.14. The van der Waals surface area contributed by atoms with Crippen molar-refractivity contribution in [3.8, 4) is 11.5 Å². The van der Waals surface area contributed by atoms with Gasteiger partial charge in [-0.3, -0.25) is 9.69 Å². The minimum Gasteiger partial charge on any atom is -0.548 e. The molecule has 2 aromatic carbocycles. The van der Waals surface area contributed by atoms with Gasteiger partial charge >= 0.3 is 0 Å². The molecule has 0 aliphatic carbocycles. The lowest BCUT2D eigenvalue weighted by Crippen LogP contribution is -2.40. The molecule has 3 rings (SSSR count). The molecule has 0 atom stereocenters. The third-order valence-electron chi connectivity index (χ3n) is 4.04. The molecular weight excluding hydrogens is 453 g/mol. The minimum absolute atomic E-state index is 0.108. The predicted octanol–water partition coefficient (Wildman–Crippen LogP) is 3.02. The smallest absolute Gasteiger partial charge is 0.266 e. The van der Waals surface area contributed by atoms with E-state index in [-0.39, 0.29) is 20.9 Å². The van der Waals surface area contributed by atoms with E-state index in [4.69, 9.17) is 33.3 Å². The van der Waals surface area contributed by atoms with Crippen molar-refractivity contribution < 1.29 is 28.6 Å². The van der Waals surface area contributed by atoms with Crippen molar-refractivity contribution in [2.45, 2.75) is 6.61 Å². The zero-order valence-electron chi connectivity index (χ0n) is 15.5. The van der Waals surface area contributed by atoms with Crippen LogP contribution in [0, 0.1) is 5.82 Å². The Hall–Kier alpha value is -2.62. The van der Waals surface area contributed by atoms with Gasteiger partial charge in [0.1, 0.15) is 16.7 Å². The van der Waals surface area contributed by atoms with Crippen LogP contribution >= 0.6 is 35.6 Å². The molecule has 1 amide bonds. The van der Waals surface area contributed by atoms with E-state index in [0.29, 0.717) is 22.6 Å². The van der Waals surface area contributed by atoms with Gasteiger partial charge in [0.05, 0.1) is 29.6 Å². The largest absolute Gasteiger partial charge is 0.548 e. The van der Waals surface area contributed by atoms with E-state index < -0.39 is 24.2 Å². The summed E-state index contributed by atoms with van der Waals surface area (Å²) < 4.78 is 24.4. The first-order valence-electron chi connectivity index (χ1n) is 8.48. The van der Waals surface area contributed by atoms with Crippen molar-refractivity contribution in [1.82, 2.24) is 4.90 Å². The van der Waals surface area contributed by atoms with Crippen LogP contribution in [0.15, 0.2) is 41.3 Å². The quantitative estimate of drug-likeness (QED) is 0.458. The number of hydrogen-bond acceptors (Lipinski definition) is 7. The first kappa shape index (κ1) is 22.1. The lowest BCUT2D eigenvalue weighted by atomic mass is 10.1. The lowest BCUT2D eigenvalue weighted by molar-refractivity contribution is -0.305. The highest BCUT2D eigenvalue weighted by Gasteiger charge is 2.31. The summed E-state index contributed by atoms with van der Waals surface area (Å²) in [6.45, 7) is -0.485. The molecule has 0 saturated carbocycles. The number of ether oxygens (including phenoxy) is 2. The van der Waals surface area contributed by atoms with Gasteiger partial charge in [-0.15, -0.1) is 0 Å². The van der Waals surface area contributed by atoms with Gasteiger partial charge in [0.2, 0.25) is 0 Å². The fourth-order valence-corrected chi connectivity index (χ4v) is 4.08. The zero-order chi connectivity index (χ0) is 21.8. The molecule has 0 unspecified atom stereocenters. The second-order valence-electron chi connectivity index (χ2n) is 6.07. The number of nitrogens with zero attached hydrogens (tertiary/aromatic N) is 1. The number of thioether (sulfide) groups is 1. The van der Waals surface area contributed by atoms with Gasteiger partial charge in [-0.05, 0) is 35.9 Å². The molecular formula is C20H14ClFNO5S2-. The second kappa shape index (κ2) is 9.46. The van der Waals surface area contributed by atoms with Crippen molar-refractivity contribution in [2.24, 2.45) is 0 Å². The topological polar surface area (TPSA) is 78.9 Å². The Bertz CT molecular complexity index is 1060. The molecule has 1 aliphatic rings. The Morgan fingerprint density at radius 3 is 2.73 bits per heavy atom. The molecule has 1 aliphatic heterocycles. The molecule has 10 heteroatoms. The Morgan fingerprint density at radius 1 is 1.30 bits per heavy atom. The number of carbonyl (C=O) groups excluding carboxylic acids is 2. The number of hydrogen-bond donors (Lipinski definition) is 0. The average molecular weight is 467 g/mol. The molecule has 1 heterocycles. The van der Waals surface area contributed by atoms with Crippen LogP contribution in [-0.2, 0) is 16.2 Å². The Labute approximate surface area is 186 Å². The van der Waals surface area contributed by atoms with Crippen LogP contribution in [0.5, 0.6) is 11.5 Å². The third-order valence-corrected chi connectivity index (χ3v) is 5.77. The van der Waals surface area contributed by atoms with Gasteiger partial charge < -0.3 is 19.4 Å². The molecule has 156 valence electrons. The van der Waals surface area contributed by atoms with Crippen LogP contribution in [0.4, 0.5) is 4.39 Å². The van der Waals surface area contributed by atoms with E-state index in [0.717, 1.165) is 16.7 Å². The number of rotatable bonds is 7. The predicted molar refractivity (Wildman–Crippen MR) is 114 cm³/mol. The molecule has 1 saturated heterocycles. The standard InChI is InChI=1S/C20H15ClFNO5S2/c1-27-16-6-11(7-17-19(26)23(9-18(24)25)20(29)30-17)2-5-15(16)28-10-12-3-4-13(22)8-14(12)21/h2-8H,9-10H2,1H3,(H,24,25)/p-1/b17-7+. The number of halogens is 2. The van der Waals surface area contributed by atoms with Crippen molar-refractivity contribution in [2.75, 3.05) is 13.7 Å². The van der Waals surface area contributed by atoms with Crippen molar-refractivity contribution in [1.29, 1.82) is 0 Å². The normalized spacial score (nSPS) is 15.0. The molecule has 1 fully saturated rings. The number of carbonyl (C=O) groups is 2. The van der Waals surface area contributed by atoms with Crippen LogP contribution in [0.2, 0.25) is 5.02 Å². The maximum absolute atomic E-state index is 13.2. The Kier molecular flexibility index (Phi) is 6.96. The molecule has 30 heavy (non-hydrogen) atoms. The first-order valence-corrected chi connectivity index (χ1v) is 10.1. The Morgan fingerprint density at radius 2 is 2.07 bits per heavy atom. The SMILES string of the molecule is COc1cc(/C=C2/SC(=S)N(CC(=O)[O-])C2=O)ccc1OCc1ccc(F)cc1Cl. The van der Waals surface area contributed by atoms with Gasteiger partial charge in [0.25, 0.3) is 5.91 Å². The molecule has 6 nitrogen and oxygen atoms in total. The summed E-state index contributed by atoms with van der Waals surface area (Å²) in [5.74, 6) is -1.49. The second-order valence-corrected chi connectivity index (χ2v) is 8.16. The van der Waals surface area contributed by atoms with Gasteiger partial charge in [0, 0.05) is 5.56 Å². The summed E-state index contributed by atoms with van der Waals surface area (Å²) >= 11 is 12.1. The highest BCUT2D eigenvalue weighted by Crippen LogP contribution is 2.35. The van der Waals surface area contributed by atoms with Gasteiger partial charge in [-0.25, -0.2) is 4.39 Å². The number of benzene rings is 2. The van der Waals surface area contributed by atoms with Crippen LogP contribution in [0.1, 0.15) is 11.1 Å². The van der Waals surface area contributed by atoms with E-state index in [1.54, 1.807) is 24.3 Å². The van der Waals surface area contributed by atoms with Gasteiger partial charge in [-0.1, -0.05) is 47.7 Å². The summed E-state index contributed by atoms with van der Waals surface area (Å²) in [6.07, 6.45) is 1.58. The van der Waals surface area contributed by atoms with Gasteiger partial charge in [-0.2, -0.15) is 0 Å². The number of carboxylic acids is 1. The average Bonchev–Trinajstić information content (AvgIpc) is 2.95. The fourth-order valence-electron chi connectivity index (χ4n) is 2.60. The van der Waals surface area contributed by atoms with Gasteiger partial charge in [0.15, 0.2) is 11.5 Å². The molecule has 0 radical (unpaired) electrons. The van der Waals surface area contributed by atoms with Crippen molar-refractivity contribution in [3.05, 3.63) is 63.3 Å². The maximum Gasteiger partial charge on any atom is 0.266 e. The number of amides is 1. The first-order chi connectivity index (χ1) is 14.3. The number of methoxy groups -OCH3 is 1. The van der Waals surface area contributed by atoms with Crippen molar-refractivity contribution >= 4 is 57.9 Å².